The van der Waals surface area contributed by atoms with Crippen molar-refractivity contribution >= 4 is 0 Å². The molecular formula is C12H25NO. The predicted octanol–water partition coefficient (Wildman–Crippen LogP) is 2.01. The second kappa shape index (κ2) is 3.49. The molecule has 0 aromatic carbocycles. The van der Waals surface area contributed by atoms with E-state index in [-0.39, 0.29) is 0 Å². The van der Waals surface area contributed by atoms with E-state index >= 15 is 0 Å². The summed E-state index contributed by atoms with van der Waals surface area (Å²) in [6, 6.07) is 0. The van der Waals surface area contributed by atoms with Crippen molar-refractivity contribution in [2.75, 3.05) is 6.54 Å². The molecule has 1 fully saturated rings. The van der Waals surface area contributed by atoms with Gasteiger partial charge in [0.25, 0.3) is 0 Å². The van der Waals surface area contributed by atoms with Crippen molar-refractivity contribution in [2.45, 2.75) is 46.6 Å². The number of rotatable bonds is 1. The zero-order valence-electron chi connectivity index (χ0n) is 10.2. The average molecular weight is 199 g/mol. The molecule has 0 aromatic heterocycles. The van der Waals surface area contributed by atoms with Gasteiger partial charge in [-0.2, -0.15) is 0 Å². The van der Waals surface area contributed by atoms with Crippen LogP contribution in [0, 0.1) is 23.2 Å². The van der Waals surface area contributed by atoms with Gasteiger partial charge in [-0.1, -0.05) is 34.6 Å². The first-order valence-electron chi connectivity index (χ1n) is 5.68. The summed E-state index contributed by atoms with van der Waals surface area (Å²) in [5, 5.41) is 10.4. The average Bonchev–Trinajstić information content (AvgIpc) is 2.13. The van der Waals surface area contributed by atoms with Crippen molar-refractivity contribution in [1.82, 2.24) is 0 Å². The van der Waals surface area contributed by atoms with Gasteiger partial charge in [-0.15, -0.1) is 0 Å². The summed E-state index contributed by atoms with van der Waals surface area (Å²) >= 11 is 0. The van der Waals surface area contributed by atoms with E-state index < -0.39 is 5.60 Å². The molecule has 1 saturated carbocycles. The molecule has 2 nitrogen and oxygen atoms in total. The molecule has 0 bridgehead atoms. The fourth-order valence-electron chi connectivity index (χ4n) is 2.81. The van der Waals surface area contributed by atoms with Crippen LogP contribution in [0.1, 0.15) is 41.0 Å². The largest absolute Gasteiger partial charge is 0.388 e. The van der Waals surface area contributed by atoms with E-state index in [1.165, 1.54) is 0 Å². The standard InChI is InChI=1S/C12H25NO/c1-8-6-12(14,7-13)10(3)9(2)11(8,4)5/h8-10,14H,6-7,13H2,1-5H3/t8-,9+,10+,12?/m0/s1. The van der Waals surface area contributed by atoms with Crippen molar-refractivity contribution in [2.24, 2.45) is 28.9 Å². The van der Waals surface area contributed by atoms with Gasteiger partial charge in [0.1, 0.15) is 0 Å². The lowest BCUT2D eigenvalue weighted by molar-refractivity contribution is -0.123. The zero-order chi connectivity index (χ0) is 11.1. The highest BCUT2D eigenvalue weighted by molar-refractivity contribution is 5.00. The van der Waals surface area contributed by atoms with Crippen LogP contribution in [0.4, 0.5) is 0 Å². The number of aliphatic hydroxyl groups is 1. The van der Waals surface area contributed by atoms with Crippen LogP contribution in [0.25, 0.3) is 0 Å². The van der Waals surface area contributed by atoms with Gasteiger partial charge in [0.05, 0.1) is 5.60 Å². The van der Waals surface area contributed by atoms with Gasteiger partial charge >= 0.3 is 0 Å². The molecule has 4 atom stereocenters. The number of hydrogen-bond donors (Lipinski definition) is 2. The third-order valence-electron chi connectivity index (χ3n) is 5.05. The van der Waals surface area contributed by atoms with E-state index in [4.69, 9.17) is 5.73 Å². The van der Waals surface area contributed by atoms with Crippen molar-refractivity contribution in [3.05, 3.63) is 0 Å². The van der Waals surface area contributed by atoms with Gasteiger partial charge in [-0.25, -0.2) is 0 Å². The predicted molar refractivity (Wildman–Crippen MR) is 59.9 cm³/mol. The van der Waals surface area contributed by atoms with Crippen molar-refractivity contribution in [3.8, 4) is 0 Å². The molecule has 84 valence electrons. The van der Waals surface area contributed by atoms with Gasteiger partial charge in [0.15, 0.2) is 0 Å². The molecule has 0 heterocycles. The minimum atomic E-state index is -0.644. The summed E-state index contributed by atoms with van der Waals surface area (Å²) in [5.41, 5.74) is 5.35. The smallest absolute Gasteiger partial charge is 0.0800 e. The van der Waals surface area contributed by atoms with Crippen LogP contribution in [0.5, 0.6) is 0 Å². The van der Waals surface area contributed by atoms with E-state index in [9.17, 15) is 5.11 Å². The van der Waals surface area contributed by atoms with E-state index in [1.807, 2.05) is 0 Å². The van der Waals surface area contributed by atoms with E-state index in [0.717, 1.165) is 6.42 Å². The Labute approximate surface area is 87.9 Å². The molecule has 0 radical (unpaired) electrons. The first-order chi connectivity index (χ1) is 6.25. The van der Waals surface area contributed by atoms with Crippen molar-refractivity contribution < 1.29 is 5.11 Å². The molecule has 14 heavy (non-hydrogen) atoms. The quantitative estimate of drug-likeness (QED) is 0.678. The Morgan fingerprint density at radius 2 is 1.71 bits per heavy atom. The summed E-state index contributed by atoms with van der Waals surface area (Å²) in [5.74, 6) is 1.33. The Morgan fingerprint density at radius 1 is 1.21 bits per heavy atom. The second-order valence-electron chi connectivity index (χ2n) is 5.81. The lowest BCUT2D eigenvalue weighted by atomic mass is 9.55. The maximum atomic E-state index is 10.4. The first-order valence-corrected chi connectivity index (χ1v) is 5.68. The van der Waals surface area contributed by atoms with Crippen LogP contribution in [0.2, 0.25) is 0 Å². The van der Waals surface area contributed by atoms with E-state index in [2.05, 4.69) is 34.6 Å². The lowest BCUT2D eigenvalue weighted by Gasteiger charge is -2.53. The molecule has 1 aliphatic rings. The number of hydrogen-bond acceptors (Lipinski definition) is 2. The topological polar surface area (TPSA) is 46.2 Å². The molecule has 0 spiro atoms. The normalized spacial score (nSPS) is 47.8. The molecule has 0 saturated heterocycles. The van der Waals surface area contributed by atoms with Gasteiger partial charge in [-0.3, -0.25) is 0 Å². The Kier molecular flexibility index (Phi) is 2.99. The zero-order valence-corrected chi connectivity index (χ0v) is 10.2. The lowest BCUT2D eigenvalue weighted by Crippen LogP contribution is -2.56. The summed E-state index contributed by atoms with van der Waals surface area (Å²) in [6.45, 7) is 11.6. The Hall–Kier alpha value is -0.0800. The highest BCUT2D eigenvalue weighted by Crippen LogP contribution is 2.51. The van der Waals surface area contributed by atoms with Crippen molar-refractivity contribution in [1.29, 1.82) is 0 Å². The second-order valence-corrected chi connectivity index (χ2v) is 5.81. The van der Waals surface area contributed by atoms with Crippen LogP contribution >= 0.6 is 0 Å². The molecule has 1 unspecified atom stereocenters. The summed E-state index contributed by atoms with van der Waals surface area (Å²) in [7, 11) is 0. The minimum absolute atomic E-state index is 0.290. The minimum Gasteiger partial charge on any atom is -0.388 e. The third kappa shape index (κ3) is 1.59. The highest BCUT2D eigenvalue weighted by Gasteiger charge is 2.50. The molecule has 0 aromatic rings. The molecular weight excluding hydrogens is 174 g/mol. The first kappa shape index (κ1) is 12.0. The third-order valence-corrected chi connectivity index (χ3v) is 5.05. The SMILES string of the molecule is C[C@@H]1[C@@H](C)C(C)(C)[C@@H](C)CC1(O)CN. The Balaban J connectivity index is 2.95. The van der Waals surface area contributed by atoms with Gasteiger partial charge in [-0.05, 0) is 29.6 Å². The Bertz CT molecular complexity index is 212. The fourth-order valence-corrected chi connectivity index (χ4v) is 2.81. The van der Waals surface area contributed by atoms with Crippen LogP contribution in [-0.4, -0.2) is 17.3 Å². The maximum absolute atomic E-state index is 10.4. The molecule has 3 N–H and O–H groups in total. The van der Waals surface area contributed by atoms with E-state index in [0.29, 0.717) is 29.7 Å². The maximum Gasteiger partial charge on any atom is 0.0800 e. The molecule has 1 aliphatic carbocycles. The van der Waals surface area contributed by atoms with Crippen molar-refractivity contribution in [3.63, 3.8) is 0 Å². The summed E-state index contributed by atoms with van der Waals surface area (Å²) < 4.78 is 0. The molecule has 2 heteroatoms. The number of nitrogens with two attached hydrogens (primary N) is 1. The monoisotopic (exact) mass is 199 g/mol. The molecule has 1 rings (SSSR count). The highest BCUT2D eigenvalue weighted by atomic mass is 16.3. The fraction of sp³-hybridized carbons (Fsp3) is 1.00. The van der Waals surface area contributed by atoms with E-state index in [1.54, 1.807) is 0 Å². The van der Waals surface area contributed by atoms with Crippen LogP contribution in [-0.2, 0) is 0 Å². The van der Waals surface area contributed by atoms with Crippen LogP contribution in [0.3, 0.4) is 0 Å². The summed E-state index contributed by atoms with van der Waals surface area (Å²) in [4.78, 5) is 0. The molecule has 0 aliphatic heterocycles. The summed E-state index contributed by atoms with van der Waals surface area (Å²) in [6.07, 6.45) is 0.835. The molecule has 0 amide bonds. The van der Waals surface area contributed by atoms with Crippen LogP contribution < -0.4 is 5.73 Å². The van der Waals surface area contributed by atoms with Gasteiger partial charge in [0.2, 0.25) is 0 Å². The van der Waals surface area contributed by atoms with Crippen LogP contribution in [0.15, 0.2) is 0 Å². The Morgan fingerprint density at radius 3 is 2.14 bits per heavy atom. The van der Waals surface area contributed by atoms with Gasteiger partial charge < -0.3 is 10.8 Å². The van der Waals surface area contributed by atoms with Gasteiger partial charge in [0, 0.05) is 6.54 Å².